The number of carbonyl (C=O) groups is 1. The quantitative estimate of drug-likeness (QED) is 0.555. The molecule has 4 N–H and O–H groups in total. The lowest BCUT2D eigenvalue weighted by Gasteiger charge is -2.17. The van der Waals surface area contributed by atoms with Crippen LogP contribution in [0.25, 0.3) is 0 Å². The molecule has 26 heavy (non-hydrogen) atoms. The number of unbranched alkanes of at least 4 members (excludes halogenated alkanes) is 1. The van der Waals surface area contributed by atoms with Gasteiger partial charge in [-0.2, -0.15) is 0 Å². The second-order valence-electron chi connectivity index (χ2n) is 6.26. The molecule has 6 heteroatoms. The fourth-order valence-corrected chi connectivity index (χ4v) is 2.60. The minimum absolute atomic E-state index is 0.361. The third-order valence-electron chi connectivity index (χ3n) is 4.23. The first-order chi connectivity index (χ1) is 12.6. The zero-order valence-corrected chi connectivity index (χ0v) is 15.2. The number of allylic oxidation sites excluding steroid dienone is 4. The lowest BCUT2D eigenvalue weighted by Crippen LogP contribution is -2.42. The average molecular weight is 360 g/mol. The van der Waals surface area contributed by atoms with Gasteiger partial charge >= 0.3 is 0 Å². The van der Waals surface area contributed by atoms with E-state index < -0.39 is 6.04 Å². The smallest absolute Gasteiger partial charge is 0.243 e. The van der Waals surface area contributed by atoms with Crippen LogP contribution in [0.1, 0.15) is 31.2 Å². The fraction of sp³-hybridized carbons (Fsp3) is 0.450. The molecule has 1 amide bonds. The highest BCUT2D eigenvalue weighted by Crippen LogP contribution is 2.18. The normalized spacial score (nSPS) is 14.9. The van der Waals surface area contributed by atoms with Gasteiger partial charge in [-0.05, 0) is 55.5 Å². The van der Waals surface area contributed by atoms with E-state index in [9.17, 15) is 4.79 Å². The minimum atomic E-state index is -0.886. The van der Waals surface area contributed by atoms with Gasteiger partial charge in [0.05, 0.1) is 26.1 Å². The van der Waals surface area contributed by atoms with Crippen molar-refractivity contribution in [1.29, 1.82) is 0 Å². The Morgan fingerprint density at radius 3 is 2.62 bits per heavy atom. The van der Waals surface area contributed by atoms with E-state index in [0.717, 1.165) is 42.9 Å². The predicted octanol–water partition coefficient (Wildman–Crippen LogP) is 2.03. The van der Waals surface area contributed by atoms with Crippen LogP contribution in [-0.4, -0.2) is 37.4 Å². The molecular weight excluding hydrogens is 332 g/mol. The van der Waals surface area contributed by atoms with Gasteiger partial charge in [0, 0.05) is 12.1 Å². The lowest BCUT2D eigenvalue weighted by atomic mass is 10.1. The second-order valence-corrected chi connectivity index (χ2v) is 6.26. The Kier molecular flexibility index (Phi) is 8.18. The van der Waals surface area contributed by atoms with Crippen molar-refractivity contribution in [2.45, 2.75) is 38.1 Å². The molecule has 0 saturated carbocycles. The van der Waals surface area contributed by atoms with Gasteiger partial charge < -0.3 is 25.6 Å². The maximum atomic E-state index is 11.6. The average Bonchev–Trinajstić information content (AvgIpc) is 2.68. The van der Waals surface area contributed by atoms with E-state index in [-0.39, 0.29) is 12.5 Å². The van der Waals surface area contributed by atoms with E-state index in [1.165, 1.54) is 5.56 Å². The van der Waals surface area contributed by atoms with E-state index in [1.54, 1.807) is 7.11 Å². The summed E-state index contributed by atoms with van der Waals surface area (Å²) in [6.07, 6.45) is 8.23. The second kappa shape index (κ2) is 10.6. The molecule has 0 fully saturated rings. The van der Waals surface area contributed by atoms with Crippen LogP contribution in [0.5, 0.6) is 5.75 Å². The van der Waals surface area contributed by atoms with Crippen molar-refractivity contribution in [2.75, 3.05) is 20.3 Å². The molecular formula is C20H28N2O4. The number of benzene rings is 1. The van der Waals surface area contributed by atoms with Crippen LogP contribution in [0.4, 0.5) is 0 Å². The van der Waals surface area contributed by atoms with Crippen molar-refractivity contribution in [1.82, 2.24) is 5.32 Å². The van der Waals surface area contributed by atoms with Crippen molar-refractivity contribution in [3.63, 3.8) is 0 Å². The van der Waals surface area contributed by atoms with Crippen LogP contribution in [-0.2, 0) is 16.0 Å². The monoisotopic (exact) mass is 360 g/mol. The summed E-state index contributed by atoms with van der Waals surface area (Å²) in [4.78, 5) is 11.6. The van der Waals surface area contributed by atoms with E-state index in [0.29, 0.717) is 13.0 Å². The van der Waals surface area contributed by atoms with Crippen molar-refractivity contribution in [3.05, 3.63) is 53.4 Å². The van der Waals surface area contributed by atoms with E-state index in [4.69, 9.17) is 20.3 Å². The number of nitrogens with two attached hydrogens (primary N) is 1. The van der Waals surface area contributed by atoms with Crippen LogP contribution < -0.4 is 15.8 Å². The molecule has 1 aromatic carbocycles. The summed E-state index contributed by atoms with van der Waals surface area (Å²) >= 11 is 0. The van der Waals surface area contributed by atoms with Gasteiger partial charge in [0.2, 0.25) is 5.91 Å². The first-order valence-corrected chi connectivity index (χ1v) is 8.95. The Morgan fingerprint density at radius 2 is 2.00 bits per heavy atom. The van der Waals surface area contributed by atoms with Crippen LogP contribution in [0.15, 0.2) is 47.9 Å². The number of aliphatic hydroxyl groups is 1. The Balaban J connectivity index is 1.64. The van der Waals surface area contributed by atoms with Gasteiger partial charge in [0.1, 0.15) is 11.8 Å². The molecule has 1 aromatic rings. The van der Waals surface area contributed by atoms with Crippen LogP contribution in [0.2, 0.25) is 0 Å². The van der Waals surface area contributed by atoms with Gasteiger partial charge in [0.25, 0.3) is 0 Å². The van der Waals surface area contributed by atoms with Crippen molar-refractivity contribution < 1.29 is 19.4 Å². The number of ether oxygens (including phenoxy) is 2. The standard InChI is InChI=1S/C20H28N2O4/c1-25-17-9-5-15(6-10-17)4-2-3-13-26-18-11-7-16(8-12-18)22-20(24)19(21)14-23/h5-7,9-11,19,23H,2-4,8,12-14,21H2,1H3,(H,22,24)/t19-/m0/s1. The fourth-order valence-electron chi connectivity index (χ4n) is 2.60. The van der Waals surface area contributed by atoms with Gasteiger partial charge in [-0.3, -0.25) is 4.79 Å². The first kappa shape index (κ1) is 20.0. The highest BCUT2D eigenvalue weighted by molar-refractivity contribution is 5.83. The summed E-state index contributed by atoms with van der Waals surface area (Å²) < 4.78 is 11.0. The Bertz CT molecular complexity index is 638. The van der Waals surface area contributed by atoms with Gasteiger partial charge in [-0.1, -0.05) is 12.1 Å². The molecule has 0 radical (unpaired) electrons. The minimum Gasteiger partial charge on any atom is -0.498 e. The molecule has 2 rings (SSSR count). The maximum absolute atomic E-state index is 11.6. The lowest BCUT2D eigenvalue weighted by molar-refractivity contribution is -0.122. The number of hydrogen-bond acceptors (Lipinski definition) is 5. The summed E-state index contributed by atoms with van der Waals surface area (Å²) in [6.45, 7) is 0.326. The summed E-state index contributed by atoms with van der Waals surface area (Å²) in [6, 6.07) is 7.26. The molecule has 0 heterocycles. The number of rotatable bonds is 10. The molecule has 0 unspecified atom stereocenters. The number of hydrogen-bond donors (Lipinski definition) is 3. The largest absolute Gasteiger partial charge is 0.498 e. The molecule has 1 aliphatic carbocycles. The molecule has 0 saturated heterocycles. The summed E-state index contributed by atoms with van der Waals surface area (Å²) in [5, 5.41) is 11.6. The molecule has 1 aliphatic rings. The molecule has 0 aliphatic heterocycles. The first-order valence-electron chi connectivity index (χ1n) is 8.95. The number of nitrogens with one attached hydrogen (secondary N) is 1. The number of aryl methyl sites for hydroxylation is 1. The van der Waals surface area contributed by atoms with Gasteiger partial charge in [-0.15, -0.1) is 0 Å². The molecule has 142 valence electrons. The molecule has 6 nitrogen and oxygen atoms in total. The summed E-state index contributed by atoms with van der Waals surface area (Å²) in [5.41, 5.74) is 7.57. The van der Waals surface area contributed by atoms with Crippen molar-refractivity contribution >= 4 is 5.91 Å². The van der Waals surface area contributed by atoms with Crippen LogP contribution in [0.3, 0.4) is 0 Å². The van der Waals surface area contributed by atoms with E-state index in [2.05, 4.69) is 17.4 Å². The van der Waals surface area contributed by atoms with E-state index in [1.807, 2.05) is 24.3 Å². The van der Waals surface area contributed by atoms with Gasteiger partial charge in [-0.25, -0.2) is 0 Å². The highest BCUT2D eigenvalue weighted by Gasteiger charge is 2.15. The number of methoxy groups -OCH3 is 1. The SMILES string of the molecule is COc1ccc(CCCCOC2=CC=C(NC(=O)[C@@H](N)CO)CC2)cc1. The van der Waals surface area contributed by atoms with E-state index >= 15 is 0 Å². The third-order valence-corrected chi connectivity index (χ3v) is 4.23. The molecule has 0 spiro atoms. The van der Waals surface area contributed by atoms with Crippen molar-refractivity contribution in [2.24, 2.45) is 5.73 Å². The zero-order chi connectivity index (χ0) is 18.8. The number of aliphatic hydroxyl groups excluding tert-OH is 1. The zero-order valence-electron chi connectivity index (χ0n) is 15.2. The summed E-state index contributed by atoms with van der Waals surface area (Å²) in [7, 11) is 1.67. The predicted molar refractivity (Wildman–Crippen MR) is 100 cm³/mol. The topological polar surface area (TPSA) is 93.8 Å². The van der Waals surface area contributed by atoms with Gasteiger partial charge in [0.15, 0.2) is 0 Å². The maximum Gasteiger partial charge on any atom is 0.243 e. The summed E-state index contributed by atoms with van der Waals surface area (Å²) in [5.74, 6) is 1.44. The highest BCUT2D eigenvalue weighted by atomic mass is 16.5. The third kappa shape index (κ3) is 6.54. The molecule has 0 aromatic heterocycles. The van der Waals surface area contributed by atoms with Crippen LogP contribution >= 0.6 is 0 Å². The Morgan fingerprint density at radius 1 is 1.23 bits per heavy atom. The van der Waals surface area contributed by atoms with Crippen LogP contribution in [0, 0.1) is 0 Å². The molecule has 0 bridgehead atoms. The Labute approximate surface area is 154 Å². The molecule has 1 atom stereocenters. The Hall–Kier alpha value is -2.31. The number of carbonyl (C=O) groups excluding carboxylic acids is 1. The number of amides is 1. The van der Waals surface area contributed by atoms with Crippen molar-refractivity contribution in [3.8, 4) is 5.75 Å².